The van der Waals surface area contributed by atoms with Gasteiger partial charge in [0.15, 0.2) is 0 Å². The molecule has 0 aliphatic heterocycles. The van der Waals surface area contributed by atoms with Crippen LogP contribution in [0.2, 0.25) is 0 Å². The van der Waals surface area contributed by atoms with E-state index in [-0.39, 0.29) is 22.5 Å². The Morgan fingerprint density at radius 2 is 1.63 bits per heavy atom. The van der Waals surface area contributed by atoms with Gasteiger partial charge in [0, 0.05) is 18.1 Å². The molecule has 7 nitrogen and oxygen atoms in total. The number of nitrogens with zero attached hydrogens (tertiary/aromatic N) is 2. The van der Waals surface area contributed by atoms with Crippen molar-refractivity contribution in [1.29, 1.82) is 0 Å². The summed E-state index contributed by atoms with van der Waals surface area (Å²) in [7, 11) is 0. The summed E-state index contributed by atoms with van der Waals surface area (Å²) < 4.78 is 0. The molecule has 0 radical (unpaired) electrons. The van der Waals surface area contributed by atoms with E-state index in [1.807, 2.05) is 0 Å². The van der Waals surface area contributed by atoms with Crippen molar-refractivity contribution in [2.75, 3.05) is 0 Å². The maximum Gasteiger partial charge on any atom is 0.338 e. The van der Waals surface area contributed by atoms with Gasteiger partial charge < -0.3 is 15.2 Å². The summed E-state index contributed by atoms with van der Waals surface area (Å²) in [6, 6.07) is 0. The van der Waals surface area contributed by atoms with Crippen molar-refractivity contribution in [3.63, 3.8) is 0 Å². The summed E-state index contributed by atoms with van der Waals surface area (Å²) in [5.74, 6) is -2.61. The molecule has 2 aromatic heterocycles. The van der Waals surface area contributed by atoms with Crippen molar-refractivity contribution in [2.45, 2.75) is 13.8 Å². The Labute approximate surface area is 108 Å². The Kier molecular flexibility index (Phi) is 3.04. The molecule has 0 aromatic carbocycles. The summed E-state index contributed by atoms with van der Waals surface area (Å²) in [5.41, 5.74) is 0.720. The summed E-state index contributed by atoms with van der Waals surface area (Å²) in [6.45, 7) is 3.18. The standard InChI is InChI=1S/C12H11N3O4/c1-5-7(11(16)17)8(12(18)19)10(15-5)9-6(2)13-3-4-14-9/h3-4,15H,1-2H3,(H,16,17)(H,18,19). The number of carboxylic acids is 2. The maximum atomic E-state index is 11.3. The summed E-state index contributed by atoms with van der Waals surface area (Å²) in [6.07, 6.45) is 2.90. The molecule has 0 amide bonds. The van der Waals surface area contributed by atoms with E-state index >= 15 is 0 Å². The third-order valence-corrected chi connectivity index (χ3v) is 2.73. The quantitative estimate of drug-likeness (QED) is 0.770. The number of rotatable bonds is 3. The first-order chi connectivity index (χ1) is 8.93. The van der Waals surface area contributed by atoms with E-state index in [9.17, 15) is 14.7 Å². The van der Waals surface area contributed by atoms with Gasteiger partial charge in [-0.15, -0.1) is 0 Å². The predicted octanol–water partition coefficient (Wildman–Crippen LogP) is 1.48. The lowest BCUT2D eigenvalue weighted by Gasteiger charge is -2.03. The minimum absolute atomic E-state index is 0.160. The highest BCUT2D eigenvalue weighted by Crippen LogP contribution is 2.28. The first kappa shape index (κ1) is 12.7. The Hall–Kier alpha value is -2.70. The molecule has 3 N–H and O–H groups in total. The van der Waals surface area contributed by atoms with Crippen LogP contribution in [0.1, 0.15) is 32.1 Å². The van der Waals surface area contributed by atoms with Crippen molar-refractivity contribution in [3.8, 4) is 11.4 Å². The lowest BCUT2D eigenvalue weighted by Crippen LogP contribution is -2.07. The molecule has 0 bridgehead atoms. The Bertz CT molecular complexity index is 676. The average Bonchev–Trinajstić information content (AvgIpc) is 2.67. The van der Waals surface area contributed by atoms with E-state index in [0.29, 0.717) is 11.4 Å². The second kappa shape index (κ2) is 4.52. The summed E-state index contributed by atoms with van der Waals surface area (Å²) >= 11 is 0. The molecule has 0 atom stereocenters. The molecule has 0 fully saturated rings. The molecule has 0 aliphatic rings. The van der Waals surface area contributed by atoms with Crippen LogP contribution in [0, 0.1) is 13.8 Å². The second-order valence-corrected chi connectivity index (χ2v) is 3.98. The number of carboxylic acid groups (broad SMARTS) is 2. The molecule has 98 valence electrons. The molecule has 2 aromatic rings. The first-order valence-electron chi connectivity index (χ1n) is 5.40. The van der Waals surface area contributed by atoms with Gasteiger partial charge >= 0.3 is 11.9 Å². The zero-order chi connectivity index (χ0) is 14.2. The zero-order valence-electron chi connectivity index (χ0n) is 10.3. The largest absolute Gasteiger partial charge is 0.478 e. The van der Waals surface area contributed by atoms with Crippen LogP contribution in [0.4, 0.5) is 0 Å². The van der Waals surface area contributed by atoms with E-state index in [4.69, 9.17) is 5.11 Å². The fourth-order valence-corrected chi connectivity index (χ4v) is 1.94. The number of nitrogens with one attached hydrogen (secondary N) is 1. The van der Waals surface area contributed by atoms with Gasteiger partial charge in [0.2, 0.25) is 0 Å². The van der Waals surface area contributed by atoms with Gasteiger partial charge in [-0.1, -0.05) is 0 Å². The molecule has 7 heteroatoms. The fraction of sp³-hybridized carbons (Fsp3) is 0.167. The molecule has 0 aliphatic carbocycles. The van der Waals surface area contributed by atoms with Crippen LogP contribution >= 0.6 is 0 Å². The Morgan fingerprint density at radius 3 is 2.16 bits per heavy atom. The van der Waals surface area contributed by atoms with E-state index in [1.165, 1.54) is 19.3 Å². The van der Waals surface area contributed by atoms with Crippen molar-refractivity contribution in [1.82, 2.24) is 15.0 Å². The molecule has 0 unspecified atom stereocenters. The van der Waals surface area contributed by atoms with Gasteiger partial charge in [0.05, 0.1) is 17.0 Å². The first-order valence-corrected chi connectivity index (χ1v) is 5.40. The Balaban J connectivity index is 2.79. The second-order valence-electron chi connectivity index (χ2n) is 3.98. The third kappa shape index (κ3) is 2.05. The van der Waals surface area contributed by atoms with Crippen molar-refractivity contribution >= 4 is 11.9 Å². The number of carbonyl (C=O) groups is 2. The van der Waals surface area contributed by atoms with Crippen molar-refractivity contribution < 1.29 is 19.8 Å². The highest BCUT2D eigenvalue weighted by atomic mass is 16.4. The highest BCUT2D eigenvalue weighted by Gasteiger charge is 2.27. The van der Waals surface area contributed by atoms with Crippen LogP contribution in [-0.4, -0.2) is 37.1 Å². The van der Waals surface area contributed by atoms with Gasteiger partial charge in [0.25, 0.3) is 0 Å². The lowest BCUT2D eigenvalue weighted by molar-refractivity contribution is 0.0652. The minimum atomic E-state index is -1.32. The summed E-state index contributed by atoms with van der Waals surface area (Å²) in [4.78, 5) is 33.3. The van der Waals surface area contributed by atoms with E-state index in [1.54, 1.807) is 6.92 Å². The SMILES string of the molecule is Cc1nccnc1-c1[nH]c(C)c(C(=O)O)c1C(=O)O. The molecule has 2 rings (SSSR count). The average molecular weight is 261 g/mol. The number of aromatic amines is 1. The predicted molar refractivity (Wildman–Crippen MR) is 65.2 cm³/mol. The number of hydrogen-bond acceptors (Lipinski definition) is 4. The zero-order valence-corrected chi connectivity index (χ0v) is 10.3. The van der Waals surface area contributed by atoms with E-state index in [0.717, 1.165) is 0 Å². The molecular weight excluding hydrogens is 250 g/mol. The lowest BCUT2D eigenvalue weighted by atomic mass is 10.1. The minimum Gasteiger partial charge on any atom is -0.478 e. The van der Waals surface area contributed by atoms with Gasteiger partial charge in [-0.3, -0.25) is 9.97 Å². The van der Waals surface area contributed by atoms with Gasteiger partial charge in [-0.2, -0.15) is 0 Å². The van der Waals surface area contributed by atoms with Crippen LogP contribution < -0.4 is 0 Å². The molecule has 0 saturated heterocycles. The Morgan fingerprint density at radius 1 is 1.05 bits per heavy atom. The molecule has 2 heterocycles. The molecule has 0 spiro atoms. The number of H-pyrrole nitrogens is 1. The van der Waals surface area contributed by atoms with Crippen LogP contribution in [-0.2, 0) is 0 Å². The van der Waals surface area contributed by atoms with Crippen LogP contribution in [0.5, 0.6) is 0 Å². The van der Waals surface area contributed by atoms with Crippen LogP contribution in [0.3, 0.4) is 0 Å². The monoisotopic (exact) mass is 261 g/mol. The van der Waals surface area contributed by atoms with Gasteiger partial charge in [0.1, 0.15) is 11.3 Å². The third-order valence-electron chi connectivity index (χ3n) is 2.73. The van der Waals surface area contributed by atoms with Crippen LogP contribution in [0.25, 0.3) is 11.4 Å². The highest BCUT2D eigenvalue weighted by molar-refractivity contribution is 6.07. The fourth-order valence-electron chi connectivity index (χ4n) is 1.94. The topological polar surface area (TPSA) is 116 Å². The number of aryl methyl sites for hydroxylation is 2. The number of aromatic nitrogens is 3. The molecular formula is C12H11N3O4. The van der Waals surface area contributed by atoms with E-state index < -0.39 is 11.9 Å². The summed E-state index contributed by atoms with van der Waals surface area (Å²) in [5, 5.41) is 18.3. The molecule has 0 saturated carbocycles. The van der Waals surface area contributed by atoms with E-state index in [2.05, 4.69) is 15.0 Å². The molecule has 19 heavy (non-hydrogen) atoms. The van der Waals surface area contributed by atoms with Gasteiger partial charge in [-0.25, -0.2) is 9.59 Å². The van der Waals surface area contributed by atoms with Gasteiger partial charge in [-0.05, 0) is 13.8 Å². The number of hydrogen-bond donors (Lipinski definition) is 3. The smallest absolute Gasteiger partial charge is 0.338 e. The number of aromatic carboxylic acids is 2. The van der Waals surface area contributed by atoms with Crippen molar-refractivity contribution in [3.05, 3.63) is 34.9 Å². The maximum absolute atomic E-state index is 11.3. The normalized spacial score (nSPS) is 10.4. The van der Waals surface area contributed by atoms with Crippen LogP contribution in [0.15, 0.2) is 12.4 Å². The van der Waals surface area contributed by atoms with Crippen molar-refractivity contribution in [2.24, 2.45) is 0 Å².